The Balaban J connectivity index is 1.15. The molecule has 3 aromatic rings. The van der Waals surface area contributed by atoms with Gasteiger partial charge in [0.1, 0.15) is 11.6 Å². The lowest BCUT2D eigenvalue weighted by Crippen LogP contribution is -2.42. The maximum atomic E-state index is 12.7. The summed E-state index contributed by atoms with van der Waals surface area (Å²) in [6.45, 7) is 6.94. The van der Waals surface area contributed by atoms with Gasteiger partial charge in [-0.25, -0.2) is 0 Å². The van der Waals surface area contributed by atoms with Gasteiger partial charge < -0.3 is 19.7 Å². The van der Waals surface area contributed by atoms with Crippen LogP contribution in [0.15, 0.2) is 36.4 Å². The number of nitrogens with zero attached hydrogens (tertiary/aromatic N) is 6. The summed E-state index contributed by atoms with van der Waals surface area (Å²) in [6.07, 6.45) is 2.62. The van der Waals surface area contributed by atoms with Crippen LogP contribution in [0.4, 0.5) is 5.82 Å². The third-order valence-corrected chi connectivity index (χ3v) is 6.84. The molecular weight excluding hydrogens is 446 g/mol. The van der Waals surface area contributed by atoms with Crippen molar-refractivity contribution in [3.63, 3.8) is 0 Å². The fraction of sp³-hybridized carbons (Fsp3) is 0.520. The summed E-state index contributed by atoms with van der Waals surface area (Å²) in [5.41, 5.74) is 1.62. The molecule has 2 fully saturated rings. The number of methoxy groups -OCH3 is 1. The van der Waals surface area contributed by atoms with Crippen LogP contribution in [-0.4, -0.2) is 90.2 Å². The maximum absolute atomic E-state index is 12.7. The van der Waals surface area contributed by atoms with Crippen molar-refractivity contribution in [2.75, 3.05) is 64.5 Å². The zero-order valence-electron chi connectivity index (χ0n) is 20.2. The highest BCUT2D eigenvalue weighted by Gasteiger charge is 2.26. The lowest BCUT2D eigenvalue weighted by Gasteiger charge is -2.32. The molecule has 10 nitrogen and oxygen atoms in total. The van der Waals surface area contributed by atoms with Gasteiger partial charge >= 0.3 is 0 Å². The molecule has 0 radical (unpaired) electrons. The van der Waals surface area contributed by atoms with Gasteiger partial charge in [0.05, 0.1) is 20.3 Å². The number of hydrogen-bond donors (Lipinski definition) is 1. The van der Waals surface area contributed by atoms with Crippen LogP contribution < -0.4 is 15.0 Å². The molecule has 4 heterocycles. The second kappa shape index (κ2) is 11.0. The molecule has 2 aromatic heterocycles. The largest absolute Gasteiger partial charge is 0.497 e. The Bertz CT molecular complexity index is 1120. The fourth-order valence-electron chi connectivity index (χ4n) is 4.72. The van der Waals surface area contributed by atoms with Gasteiger partial charge in [-0.15, -0.1) is 15.3 Å². The first kappa shape index (κ1) is 23.5. The van der Waals surface area contributed by atoms with E-state index in [1.54, 1.807) is 11.6 Å². The quantitative estimate of drug-likeness (QED) is 0.489. The molecule has 1 aromatic carbocycles. The molecule has 2 saturated heterocycles. The number of benzene rings is 1. The number of carbonyl (C=O) groups excluding carboxylic acids is 1. The van der Waals surface area contributed by atoms with Gasteiger partial charge in [0, 0.05) is 44.2 Å². The Morgan fingerprint density at radius 2 is 1.83 bits per heavy atom. The molecule has 5 rings (SSSR count). The average Bonchev–Trinajstić information content (AvgIpc) is 3.35. The van der Waals surface area contributed by atoms with Crippen molar-refractivity contribution in [2.24, 2.45) is 5.92 Å². The molecule has 1 N–H and O–H groups in total. The zero-order chi connectivity index (χ0) is 24.0. The second-order valence-corrected chi connectivity index (χ2v) is 9.07. The molecule has 0 spiro atoms. The number of anilines is 1. The third-order valence-electron chi connectivity index (χ3n) is 6.84. The molecule has 186 valence electrons. The number of rotatable bonds is 8. The van der Waals surface area contributed by atoms with Crippen molar-refractivity contribution in [3.8, 4) is 17.1 Å². The number of carbonyl (C=O) groups is 1. The van der Waals surface area contributed by atoms with E-state index < -0.39 is 0 Å². The van der Waals surface area contributed by atoms with E-state index in [0.29, 0.717) is 11.5 Å². The highest BCUT2D eigenvalue weighted by atomic mass is 16.5. The third kappa shape index (κ3) is 5.54. The van der Waals surface area contributed by atoms with Crippen LogP contribution in [0, 0.1) is 5.92 Å². The van der Waals surface area contributed by atoms with Crippen molar-refractivity contribution in [1.82, 2.24) is 30.0 Å². The van der Waals surface area contributed by atoms with Crippen LogP contribution in [-0.2, 0) is 9.53 Å². The molecule has 2 aliphatic rings. The number of nitrogens with one attached hydrogen (secondary N) is 1. The molecular formula is C25H33N7O3. The number of fused-ring (bicyclic) bond motifs is 1. The van der Waals surface area contributed by atoms with Crippen LogP contribution in [0.1, 0.15) is 19.3 Å². The molecule has 10 heteroatoms. The molecule has 0 aliphatic carbocycles. The Hall–Kier alpha value is -3.24. The Morgan fingerprint density at radius 1 is 1.06 bits per heavy atom. The summed E-state index contributed by atoms with van der Waals surface area (Å²) >= 11 is 0. The van der Waals surface area contributed by atoms with Crippen LogP contribution in [0.5, 0.6) is 5.75 Å². The normalized spacial score (nSPS) is 17.6. The van der Waals surface area contributed by atoms with E-state index in [9.17, 15) is 4.79 Å². The molecule has 0 atom stereocenters. The second-order valence-electron chi connectivity index (χ2n) is 9.07. The van der Waals surface area contributed by atoms with E-state index >= 15 is 0 Å². The van der Waals surface area contributed by atoms with Crippen molar-refractivity contribution in [1.29, 1.82) is 0 Å². The van der Waals surface area contributed by atoms with E-state index in [4.69, 9.17) is 14.6 Å². The van der Waals surface area contributed by atoms with Crippen LogP contribution in [0.3, 0.4) is 0 Å². The van der Waals surface area contributed by atoms with Gasteiger partial charge in [-0.3, -0.25) is 9.69 Å². The summed E-state index contributed by atoms with van der Waals surface area (Å²) < 4.78 is 12.4. The average molecular weight is 480 g/mol. The summed E-state index contributed by atoms with van der Waals surface area (Å²) in [4.78, 5) is 17.3. The van der Waals surface area contributed by atoms with E-state index in [1.807, 2.05) is 36.4 Å². The summed E-state index contributed by atoms with van der Waals surface area (Å²) in [6, 6.07) is 11.6. The minimum Gasteiger partial charge on any atom is -0.497 e. The summed E-state index contributed by atoms with van der Waals surface area (Å²) in [5, 5.41) is 16.6. The first-order valence-electron chi connectivity index (χ1n) is 12.4. The van der Waals surface area contributed by atoms with Gasteiger partial charge in [0.2, 0.25) is 5.91 Å². The molecule has 1 amide bonds. The van der Waals surface area contributed by atoms with Crippen molar-refractivity contribution in [2.45, 2.75) is 19.3 Å². The highest BCUT2D eigenvalue weighted by Crippen LogP contribution is 2.25. The standard InChI is InChI=1S/C25H33N7O3/c1-34-21-5-3-19(4-6-21)24-28-27-22-7-8-23(29-32(22)24)31-13-9-20(10-14-31)25(33)26-11-2-12-30-15-17-35-18-16-30/h3-8,20H,2,9-18H2,1H3,(H,26,33). The first-order chi connectivity index (χ1) is 17.2. The molecule has 0 unspecified atom stereocenters. The van der Waals surface area contributed by atoms with Crippen LogP contribution >= 0.6 is 0 Å². The summed E-state index contributed by atoms with van der Waals surface area (Å²) in [7, 11) is 1.65. The van der Waals surface area contributed by atoms with Gasteiger partial charge in [0.25, 0.3) is 0 Å². The molecule has 0 saturated carbocycles. The highest BCUT2D eigenvalue weighted by molar-refractivity contribution is 5.79. The lowest BCUT2D eigenvalue weighted by atomic mass is 9.96. The first-order valence-corrected chi connectivity index (χ1v) is 12.4. The van der Waals surface area contributed by atoms with E-state index in [2.05, 4.69) is 25.3 Å². The molecule has 35 heavy (non-hydrogen) atoms. The van der Waals surface area contributed by atoms with Gasteiger partial charge in [-0.2, -0.15) is 4.52 Å². The number of piperidine rings is 1. The number of aromatic nitrogens is 4. The lowest BCUT2D eigenvalue weighted by molar-refractivity contribution is -0.125. The molecule has 0 bridgehead atoms. The summed E-state index contributed by atoms with van der Waals surface area (Å²) in [5.74, 6) is 2.59. The van der Waals surface area contributed by atoms with E-state index in [-0.39, 0.29) is 11.8 Å². The number of amides is 1. The Morgan fingerprint density at radius 3 is 2.57 bits per heavy atom. The minimum atomic E-state index is 0.0585. The van der Waals surface area contributed by atoms with Crippen molar-refractivity contribution < 1.29 is 14.3 Å². The SMILES string of the molecule is COc1ccc(-c2nnc3ccc(N4CCC(C(=O)NCCCN5CCOCC5)CC4)nn23)cc1. The van der Waals surface area contributed by atoms with Crippen molar-refractivity contribution in [3.05, 3.63) is 36.4 Å². The predicted molar refractivity (Wildman–Crippen MR) is 133 cm³/mol. The zero-order valence-corrected chi connectivity index (χ0v) is 20.2. The van der Waals surface area contributed by atoms with Gasteiger partial charge in [-0.05, 0) is 62.2 Å². The number of morpholine rings is 1. The Labute approximate surface area is 205 Å². The van der Waals surface area contributed by atoms with Crippen LogP contribution in [0.25, 0.3) is 17.0 Å². The topological polar surface area (TPSA) is 97.1 Å². The monoisotopic (exact) mass is 479 g/mol. The minimum absolute atomic E-state index is 0.0585. The predicted octanol–water partition coefficient (Wildman–Crippen LogP) is 1.85. The number of hydrogen-bond acceptors (Lipinski definition) is 8. The fourth-order valence-corrected chi connectivity index (χ4v) is 4.72. The smallest absolute Gasteiger partial charge is 0.223 e. The van der Waals surface area contributed by atoms with E-state index in [1.165, 1.54) is 0 Å². The maximum Gasteiger partial charge on any atom is 0.223 e. The van der Waals surface area contributed by atoms with Gasteiger partial charge in [-0.1, -0.05) is 0 Å². The van der Waals surface area contributed by atoms with Gasteiger partial charge in [0.15, 0.2) is 11.5 Å². The van der Waals surface area contributed by atoms with E-state index in [0.717, 1.165) is 88.9 Å². The molecule has 2 aliphatic heterocycles. The number of ether oxygens (including phenoxy) is 2. The Kier molecular flexibility index (Phi) is 7.39. The van der Waals surface area contributed by atoms with Crippen LogP contribution in [0.2, 0.25) is 0 Å². The van der Waals surface area contributed by atoms with Crippen molar-refractivity contribution >= 4 is 17.4 Å².